The van der Waals surface area contributed by atoms with Crippen LogP contribution in [0.5, 0.6) is 0 Å². The second kappa shape index (κ2) is 7.31. The highest BCUT2D eigenvalue weighted by Gasteiger charge is 2.11. The van der Waals surface area contributed by atoms with E-state index < -0.39 is 0 Å². The third-order valence-corrected chi connectivity index (χ3v) is 4.84. The molecular formula is C13H9Cl2N5OS2. The lowest BCUT2D eigenvalue weighted by Crippen LogP contribution is -2.15. The van der Waals surface area contributed by atoms with Crippen LogP contribution in [0.15, 0.2) is 34.9 Å². The lowest BCUT2D eigenvalue weighted by Gasteiger charge is -2.05. The first-order valence-electron chi connectivity index (χ1n) is 6.32. The van der Waals surface area contributed by atoms with E-state index in [4.69, 9.17) is 23.2 Å². The minimum atomic E-state index is -0.255. The lowest BCUT2D eigenvalue weighted by molar-refractivity contribution is -0.113. The second-order valence-electron chi connectivity index (χ2n) is 4.26. The highest BCUT2D eigenvalue weighted by molar-refractivity contribution is 7.99. The van der Waals surface area contributed by atoms with Crippen molar-refractivity contribution in [2.75, 3.05) is 11.1 Å². The normalized spacial score (nSPS) is 10.7. The van der Waals surface area contributed by atoms with Crippen LogP contribution in [0, 0.1) is 0 Å². The van der Waals surface area contributed by atoms with E-state index in [9.17, 15) is 4.79 Å². The summed E-state index contributed by atoms with van der Waals surface area (Å²) in [5, 5.41) is 12.7. The van der Waals surface area contributed by atoms with E-state index in [1.54, 1.807) is 11.3 Å². The van der Waals surface area contributed by atoms with E-state index in [0.29, 0.717) is 16.0 Å². The first kappa shape index (κ1) is 16.3. The van der Waals surface area contributed by atoms with Crippen molar-refractivity contribution in [3.05, 3.63) is 39.8 Å². The SMILES string of the molecule is O=C(CSc1n[nH]c(-c2cccs2)n1)Nc1ncc(Cl)cc1Cl. The zero-order valence-electron chi connectivity index (χ0n) is 11.4. The summed E-state index contributed by atoms with van der Waals surface area (Å²) in [6.45, 7) is 0. The van der Waals surface area contributed by atoms with Crippen LogP contribution >= 0.6 is 46.3 Å². The minimum absolute atomic E-state index is 0.141. The van der Waals surface area contributed by atoms with Crippen LogP contribution in [0.3, 0.4) is 0 Å². The summed E-state index contributed by atoms with van der Waals surface area (Å²) in [5.74, 6) is 0.845. The van der Waals surface area contributed by atoms with Gasteiger partial charge in [-0.15, -0.1) is 16.4 Å². The smallest absolute Gasteiger partial charge is 0.236 e. The zero-order valence-corrected chi connectivity index (χ0v) is 14.6. The van der Waals surface area contributed by atoms with E-state index in [2.05, 4.69) is 25.5 Å². The van der Waals surface area contributed by atoms with Gasteiger partial charge in [-0.3, -0.25) is 9.89 Å². The molecule has 0 saturated carbocycles. The Morgan fingerprint density at radius 2 is 2.30 bits per heavy atom. The number of hydrogen-bond acceptors (Lipinski definition) is 6. The molecule has 0 spiro atoms. The molecule has 0 atom stereocenters. The van der Waals surface area contributed by atoms with Gasteiger partial charge in [-0.1, -0.05) is 41.0 Å². The molecule has 3 heterocycles. The van der Waals surface area contributed by atoms with Crippen LogP contribution < -0.4 is 5.32 Å². The molecule has 23 heavy (non-hydrogen) atoms. The third-order valence-electron chi connectivity index (χ3n) is 2.62. The van der Waals surface area contributed by atoms with Gasteiger partial charge >= 0.3 is 0 Å². The van der Waals surface area contributed by atoms with Gasteiger partial charge in [0, 0.05) is 6.20 Å². The Kier molecular flexibility index (Phi) is 5.16. The van der Waals surface area contributed by atoms with Crippen molar-refractivity contribution in [3.8, 4) is 10.7 Å². The molecule has 10 heteroatoms. The molecule has 0 aliphatic heterocycles. The van der Waals surface area contributed by atoms with Gasteiger partial charge in [-0.25, -0.2) is 9.97 Å². The van der Waals surface area contributed by atoms with Crippen LogP contribution in [0.25, 0.3) is 10.7 Å². The zero-order chi connectivity index (χ0) is 16.2. The maximum atomic E-state index is 11.9. The minimum Gasteiger partial charge on any atom is -0.309 e. The van der Waals surface area contributed by atoms with Gasteiger partial charge < -0.3 is 5.32 Å². The molecule has 0 aromatic carbocycles. The van der Waals surface area contributed by atoms with Gasteiger partial charge in [0.2, 0.25) is 11.1 Å². The van der Waals surface area contributed by atoms with Crippen molar-refractivity contribution < 1.29 is 4.79 Å². The summed E-state index contributed by atoms with van der Waals surface area (Å²) in [5.41, 5.74) is 0. The third kappa shape index (κ3) is 4.23. The Hall–Kier alpha value is -1.61. The number of pyridine rings is 1. The van der Waals surface area contributed by atoms with Gasteiger partial charge in [0.1, 0.15) is 0 Å². The number of thioether (sulfide) groups is 1. The first-order chi connectivity index (χ1) is 11.1. The van der Waals surface area contributed by atoms with Crippen LogP contribution in [-0.4, -0.2) is 31.8 Å². The lowest BCUT2D eigenvalue weighted by atomic mass is 10.4. The number of nitrogens with one attached hydrogen (secondary N) is 2. The molecule has 0 aliphatic rings. The van der Waals surface area contributed by atoms with E-state index in [1.165, 1.54) is 24.0 Å². The Balaban J connectivity index is 1.57. The summed E-state index contributed by atoms with van der Waals surface area (Å²) in [6.07, 6.45) is 1.42. The molecule has 0 saturated heterocycles. The summed E-state index contributed by atoms with van der Waals surface area (Å²) in [7, 11) is 0. The number of halogens is 2. The number of carbonyl (C=O) groups is 1. The Morgan fingerprint density at radius 1 is 1.43 bits per heavy atom. The predicted molar refractivity (Wildman–Crippen MR) is 93.3 cm³/mol. The highest BCUT2D eigenvalue weighted by atomic mass is 35.5. The number of amides is 1. The Labute approximate surface area is 149 Å². The number of anilines is 1. The topological polar surface area (TPSA) is 83.6 Å². The molecular weight excluding hydrogens is 377 g/mol. The second-order valence-corrected chi connectivity index (χ2v) is 7.00. The van der Waals surface area contributed by atoms with Crippen molar-refractivity contribution in [1.82, 2.24) is 20.2 Å². The molecule has 0 unspecified atom stereocenters. The standard InChI is InChI=1S/C13H9Cl2N5OS2/c14-7-4-8(15)11(16-5-7)17-10(21)6-23-13-18-12(19-20-13)9-2-1-3-22-9/h1-5H,6H2,(H,16,17,21)(H,18,19,20). The van der Waals surface area contributed by atoms with Crippen LogP contribution in [0.1, 0.15) is 0 Å². The Bertz CT molecular complexity index is 822. The number of H-pyrrole nitrogens is 1. The number of carbonyl (C=O) groups excluding carboxylic acids is 1. The largest absolute Gasteiger partial charge is 0.309 e. The van der Waals surface area contributed by atoms with Gasteiger partial charge in [0.05, 0.1) is 20.7 Å². The molecule has 0 bridgehead atoms. The average molecular weight is 386 g/mol. The van der Waals surface area contributed by atoms with Crippen LogP contribution in [0.4, 0.5) is 5.82 Å². The summed E-state index contributed by atoms with van der Waals surface area (Å²) in [6, 6.07) is 5.40. The van der Waals surface area contributed by atoms with Gasteiger partial charge in [0.15, 0.2) is 11.6 Å². The van der Waals surface area contributed by atoms with Crippen molar-refractivity contribution in [1.29, 1.82) is 0 Å². The van der Waals surface area contributed by atoms with Crippen molar-refractivity contribution in [2.45, 2.75) is 5.16 Å². The fourth-order valence-electron chi connectivity index (χ4n) is 1.64. The molecule has 1 amide bonds. The van der Waals surface area contributed by atoms with E-state index in [-0.39, 0.29) is 22.5 Å². The maximum absolute atomic E-state index is 11.9. The Morgan fingerprint density at radius 3 is 3.04 bits per heavy atom. The van der Waals surface area contributed by atoms with Gasteiger partial charge in [-0.05, 0) is 17.5 Å². The van der Waals surface area contributed by atoms with Crippen LogP contribution in [-0.2, 0) is 4.79 Å². The fourth-order valence-corrected chi connectivity index (χ4v) is 3.33. The molecule has 0 fully saturated rings. The molecule has 3 rings (SSSR count). The summed E-state index contributed by atoms with van der Waals surface area (Å²) < 4.78 is 0. The number of aromatic amines is 1. The van der Waals surface area contributed by atoms with Crippen molar-refractivity contribution in [2.24, 2.45) is 0 Å². The molecule has 118 valence electrons. The molecule has 0 aliphatic carbocycles. The molecule has 3 aromatic heterocycles. The number of thiophene rings is 1. The summed E-state index contributed by atoms with van der Waals surface area (Å²) >= 11 is 14.5. The predicted octanol–water partition coefficient (Wildman–Crippen LogP) is 3.97. The monoisotopic (exact) mass is 385 g/mol. The van der Waals surface area contributed by atoms with E-state index >= 15 is 0 Å². The molecule has 6 nitrogen and oxygen atoms in total. The molecule has 2 N–H and O–H groups in total. The number of rotatable bonds is 5. The van der Waals surface area contributed by atoms with Crippen LogP contribution in [0.2, 0.25) is 10.0 Å². The van der Waals surface area contributed by atoms with Crippen molar-refractivity contribution in [3.63, 3.8) is 0 Å². The first-order valence-corrected chi connectivity index (χ1v) is 8.94. The fraction of sp³-hybridized carbons (Fsp3) is 0.0769. The summed E-state index contributed by atoms with van der Waals surface area (Å²) in [4.78, 5) is 21.2. The van der Waals surface area contributed by atoms with Crippen molar-refractivity contribution >= 4 is 58.0 Å². The number of aromatic nitrogens is 4. The molecule has 0 radical (unpaired) electrons. The highest BCUT2D eigenvalue weighted by Crippen LogP contribution is 2.24. The number of nitrogens with zero attached hydrogens (tertiary/aromatic N) is 3. The quantitative estimate of drug-likeness (QED) is 0.649. The van der Waals surface area contributed by atoms with E-state index in [0.717, 1.165) is 4.88 Å². The van der Waals surface area contributed by atoms with Gasteiger partial charge in [0.25, 0.3) is 0 Å². The van der Waals surface area contributed by atoms with Gasteiger partial charge in [-0.2, -0.15) is 0 Å². The molecule has 3 aromatic rings. The maximum Gasteiger partial charge on any atom is 0.236 e. The average Bonchev–Trinajstić information content (AvgIpc) is 3.18. The number of hydrogen-bond donors (Lipinski definition) is 2. The van der Waals surface area contributed by atoms with E-state index in [1.807, 2.05) is 17.5 Å².